The van der Waals surface area contributed by atoms with Crippen molar-refractivity contribution in [1.82, 2.24) is 15.4 Å². The van der Waals surface area contributed by atoms with E-state index in [1.807, 2.05) is 0 Å². The van der Waals surface area contributed by atoms with E-state index in [1.54, 1.807) is 6.08 Å². The maximum Gasteiger partial charge on any atom is 0.156 e. The normalized spacial score (nSPS) is 15.5. The van der Waals surface area contributed by atoms with Gasteiger partial charge in [-0.25, -0.2) is 0 Å². The molecule has 0 amide bonds. The summed E-state index contributed by atoms with van der Waals surface area (Å²) in [5, 5.41) is 7.30. The molecule has 1 rings (SSSR count). The summed E-state index contributed by atoms with van der Waals surface area (Å²) in [5.74, 6) is 0.779. The van der Waals surface area contributed by atoms with E-state index >= 15 is 0 Å². The van der Waals surface area contributed by atoms with Crippen molar-refractivity contribution in [3.8, 4) is 0 Å². The topological polar surface area (TPSA) is 39.7 Å². The minimum absolute atomic E-state index is 0.361. The predicted octanol–water partition coefficient (Wildman–Crippen LogP) is 2.52. The third kappa shape index (κ3) is 5.14. The van der Waals surface area contributed by atoms with Crippen LogP contribution < -0.4 is 10.7 Å². The molecule has 0 aliphatic carbocycles. The molecule has 0 atom stereocenters. The molecule has 86 valence electrons. The zero-order valence-electron chi connectivity index (χ0n) is 8.76. The first-order valence-corrected chi connectivity index (χ1v) is 5.86. The van der Waals surface area contributed by atoms with E-state index in [4.69, 9.17) is 23.4 Å². The van der Waals surface area contributed by atoms with Crippen molar-refractivity contribution < 1.29 is 0 Å². The van der Waals surface area contributed by atoms with E-state index in [0.717, 1.165) is 23.4 Å². The van der Waals surface area contributed by atoms with Crippen molar-refractivity contribution in [2.24, 2.45) is 5.10 Å². The van der Waals surface area contributed by atoms with Gasteiger partial charge in [0, 0.05) is 12.6 Å². The molecule has 0 spiro atoms. The lowest BCUT2D eigenvalue weighted by Crippen LogP contribution is -2.36. The molecule has 0 aromatic carbocycles. The molecule has 4 nitrogen and oxygen atoms in total. The van der Waals surface area contributed by atoms with Crippen LogP contribution in [0.3, 0.4) is 0 Å². The molecule has 0 unspecified atom stereocenters. The second-order valence-corrected chi connectivity index (χ2v) is 4.05. The largest absolute Gasteiger partial charge is 0.370 e. The molecule has 1 aliphatic rings. The highest BCUT2D eigenvalue weighted by molar-refractivity contribution is 6.68. The fraction of sp³-hybridized carbons (Fsp3) is 0.667. The van der Waals surface area contributed by atoms with Crippen LogP contribution in [0.5, 0.6) is 0 Å². The molecule has 15 heavy (non-hydrogen) atoms. The Bertz CT molecular complexity index is 252. The first-order valence-electron chi connectivity index (χ1n) is 5.14. The number of hydrogen-bond donors (Lipinski definition) is 2. The molecule has 0 saturated carbocycles. The van der Waals surface area contributed by atoms with Crippen LogP contribution in [-0.2, 0) is 0 Å². The number of nitrogens with zero attached hydrogens (tertiary/aromatic N) is 2. The molecule has 0 bridgehead atoms. The second-order valence-electron chi connectivity index (χ2n) is 3.34. The van der Waals surface area contributed by atoms with E-state index in [2.05, 4.69) is 22.8 Å². The Kier molecular flexibility index (Phi) is 5.65. The van der Waals surface area contributed by atoms with E-state index < -0.39 is 0 Å². The maximum absolute atomic E-state index is 5.74. The monoisotopic (exact) mass is 250 g/mol. The summed E-state index contributed by atoms with van der Waals surface area (Å²) >= 11 is 11.4. The molecule has 1 heterocycles. The van der Waals surface area contributed by atoms with E-state index in [9.17, 15) is 0 Å². The molecule has 0 fully saturated rings. The summed E-state index contributed by atoms with van der Waals surface area (Å²) in [6.07, 6.45) is 6.61. The summed E-state index contributed by atoms with van der Waals surface area (Å²) in [6.45, 7) is 3.11. The molecule has 6 heteroatoms. The van der Waals surface area contributed by atoms with Crippen LogP contribution in [0.4, 0.5) is 0 Å². The molecular formula is C9H16Cl2N4. The van der Waals surface area contributed by atoms with Gasteiger partial charge in [0.25, 0.3) is 0 Å². The van der Waals surface area contributed by atoms with Crippen LogP contribution in [0.25, 0.3) is 0 Å². The van der Waals surface area contributed by atoms with Crippen molar-refractivity contribution >= 4 is 28.5 Å². The Morgan fingerprint density at radius 1 is 1.47 bits per heavy atom. The highest BCUT2D eigenvalue weighted by Gasteiger charge is 2.08. The van der Waals surface area contributed by atoms with Gasteiger partial charge in [-0.2, -0.15) is 0 Å². The van der Waals surface area contributed by atoms with Crippen LogP contribution in [0.2, 0.25) is 0 Å². The number of unbranched alkanes of at least 4 members (excludes halogenated alkanes) is 3. The Labute approximate surface area is 100 Å². The summed E-state index contributed by atoms with van der Waals surface area (Å²) in [7, 11) is 0. The van der Waals surface area contributed by atoms with Gasteiger partial charge in [-0.3, -0.25) is 5.43 Å². The van der Waals surface area contributed by atoms with E-state index in [1.165, 1.54) is 19.3 Å². The molecule has 0 aromatic heterocycles. The first kappa shape index (κ1) is 12.5. The van der Waals surface area contributed by atoms with Crippen molar-refractivity contribution in [3.63, 3.8) is 0 Å². The number of allylic oxidation sites excluding steroid dienone is 1. The van der Waals surface area contributed by atoms with E-state index in [-0.39, 0.29) is 0 Å². The molecule has 2 N–H and O–H groups in total. The van der Waals surface area contributed by atoms with Crippen LogP contribution in [0, 0.1) is 0 Å². The van der Waals surface area contributed by atoms with Gasteiger partial charge in [-0.1, -0.05) is 37.8 Å². The SMILES string of the molecule is CCCCCCNC1=CC(Cl)=NN(Cl)N1. The molecule has 0 radical (unpaired) electrons. The van der Waals surface area contributed by atoms with Gasteiger partial charge < -0.3 is 5.32 Å². The summed E-state index contributed by atoms with van der Waals surface area (Å²) in [4.78, 5) is 0. The quantitative estimate of drug-likeness (QED) is 0.563. The summed E-state index contributed by atoms with van der Waals surface area (Å²) in [6, 6.07) is 0. The van der Waals surface area contributed by atoms with Crippen molar-refractivity contribution in [1.29, 1.82) is 0 Å². The Morgan fingerprint density at radius 3 is 2.93 bits per heavy atom. The van der Waals surface area contributed by atoms with Crippen LogP contribution >= 0.6 is 23.4 Å². The second kappa shape index (κ2) is 6.80. The number of nitrogens with one attached hydrogen (secondary N) is 2. The highest BCUT2D eigenvalue weighted by atomic mass is 35.5. The maximum atomic E-state index is 5.74. The number of halogens is 2. The van der Waals surface area contributed by atoms with Crippen LogP contribution in [0.15, 0.2) is 17.0 Å². The number of hydrazone groups is 1. The van der Waals surface area contributed by atoms with Gasteiger partial charge in [0.05, 0.1) is 11.8 Å². The van der Waals surface area contributed by atoms with Crippen LogP contribution in [0.1, 0.15) is 32.6 Å². The lowest BCUT2D eigenvalue weighted by Gasteiger charge is -2.20. The van der Waals surface area contributed by atoms with E-state index in [0.29, 0.717) is 5.17 Å². The number of rotatable bonds is 6. The lowest BCUT2D eigenvalue weighted by molar-refractivity contribution is 0.375. The minimum atomic E-state index is 0.361. The molecule has 1 aliphatic heterocycles. The Balaban J connectivity index is 2.19. The average Bonchev–Trinajstić information content (AvgIpc) is 2.16. The van der Waals surface area contributed by atoms with Gasteiger partial charge in [0.2, 0.25) is 0 Å². The van der Waals surface area contributed by atoms with Gasteiger partial charge >= 0.3 is 0 Å². The van der Waals surface area contributed by atoms with Crippen LogP contribution in [-0.4, -0.2) is 16.4 Å². The van der Waals surface area contributed by atoms with Crippen molar-refractivity contribution in [2.75, 3.05) is 6.54 Å². The first-order chi connectivity index (χ1) is 7.22. The molecule has 0 saturated heterocycles. The minimum Gasteiger partial charge on any atom is -0.370 e. The summed E-state index contributed by atoms with van der Waals surface area (Å²) in [5.41, 5.74) is 2.81. The van der Waals surface area contributed by atoms with Crippen molar-refractivity contribution in [3.05, 3.63) is 11.9 Å². The standard InChI is InChI=1S/C9H16Cl2N4/c1-2-3-4-5-6-12-9-7-8(10)13-15(11)14-9/h7,12,14H,2-6H2,1H3. The predicted molar refractivity (Wildman–Crippen MR) is 64.3 cm³/mol. The van der Waals surface area contributed by atoms with Gasteiger partial charge in [0.1, 0.15) is 5.82 Å². The zero-order chi connectivity index (χ0) is 11.1. The summed E-state index contributed by atoms with van der Waals surface area (Å²) < 4.78 is 1.07. The molecule has 0 aromatic rings. The molecular weight excluding hydrogens is 235 g/mol. The Hall–Kier alpha value is -0.610. The zero-order valence-corrected chi connectivity index (χ0v) is 10.3. The van der Waals surface area contributed by atoms with Crippen molar-refractivity contribution in [2.45, 2.75) is 32.6 Å². The highest BCUT2D eigenvalue weighted by Crippen LogP contribution is 2.05. The lowest BCUT2D eigenvalue weighted by atomic mass is 10.2. The third-order valence-corrected chi connectivity index (χ3v) is 2.35. The van der Waals surface area contributed by atoms with Gasteiger partial charge in [-0.05, 0) is 6.42 Å². The fourth-order valence-corrected chi connectivity index (χ4v) is 1.65. The fourth-order valence-electron chi connectivity index (χ4n) is 1.25. The number of hydrogen-bond acceptors (Lipinski definition) is 4. The van der Waals surface area contributed by atoms with Gasteiger partial charge in [0.15, 0.2) is 5.17 Å². The average molecular weight is 251 g/mol. The smallest absolute Gasteiger partial charge is 0.156 e. The third-order valence-electron chi connectivity index (χ3n) is 2.01. The van der Waals surface area contributed by atoms with Gasteiger partial charge in [-0.15, -0.1) is 9.74 Å². The Morgan fingerprint density at radius 2 is 2.27 bits per heavy atom. The number of hydrazine groups is 1.